The highest BCUT2D eigenvalue weighted by atomic mass is 79.9. The second-order valence-corrected chi connectivity index (χ2v) is 5.86. The molecule has 2 atom stereocenters. The molecule has 1 saturated carbocycles. The number of hydrogen-bond donors (Lipinski definition) is 2. The molecule has 1 aliphatic rings. The standard InChI is InChI=1S/C14H19BrN2O2/c15-12-6-9(14(17)18)4-5-13(12)19-8-11-3-1-2-10(11)7-16/h4-6,10-11H,1-3,7-8,16H2,(H2,17,18). The van der Waals surface area contributed by atoms with Gasteiger partial charge in [-0.2, -0.15) is 0 Å². The van der Waals surface area contributed by atoms with Crippen molar-refractivity contribution in [2.24, 2.45) is 23.3 Å². The number of ether oxygens (including phenoxy) is 1. The molecule has 0 radical (unpaired) electrons. The monoisotopic (exact) mass is 326 g/mol. The summed E-state index contributed by atoms with van der Waals surface area (Å²) in [5, 5.41) is 0. The second-order valence-electron chi connectivity index (χ2n) is 5.01. The van der Waals surface area contributed by atoms with E-state index in [9.17, 15) is 4.79 Å². The Bertz CT molecular complexity index is 465. The van der Waals surface area contributed by atoms with Crippen molar-refractivity contribution in [3.05, 3.63) is 28.2 Å². The van der Waals surface area contributed by atoms with Gasteiger partial charge in [0.15, 0.2) is 0 Å². The average molecular weight is 327 g/mol. The maximum Gasteiger partial charge on any atom is 0.248 e. The Morgan fingerprint density at radius 1 is 1.37 bits per heavy atom. The highest BCUT2D eigenvalue weighted by Crippen LogP contribution is 2.33. The maximum atomic E-state index is 11.1. The lowest BCUT2D eigenvalue weighted by Gasteiger charge is -2.19. The highest BCUT2D eigenvalue weighted by molar-refractivity contribution is 9.10. The number of carbonyl (C=O) groups is 1. The zero-order chi connectivity index (χ0) is 13.8. The Morgan fingerprint density at radius 2 is 2.11 bits per heavy atom. The molecule has 1 amide bonds. The van der Waals surface area contributed by atoms with Gasteiger partial charge in [0.25, 0.3) is 0 Å². The fourth-order valence-corrected chi connectivity index (χ4v) is 3.10. The van der Waals surface area contributed by atoms with Gasteiger partial charge in [-0.1, -0.05) is 6.42 Å². The fraction of sp³-hybridized carbons (Fsp3) is 0.500. The van der Waals surface area contributed by atoms with E-state index in [4.69, 9.17) is 16.2 Å². The summed E-state index contributed by atoms with van der Waals surface area (Å²) in [5.41, 5.74) is 11.5. The van der Waals surface area contributed by atoms with E-state index in [1.807, 2.05) is 0 Å². The summed E-state index contributed by atoms with van der Waals surface area (Å²) in [6, 6.07) is 5.14. The quantitative estimate of drug-likeness (QED) is 0.871. The van der Waals surface area contributed by atoms with Crippen LogP contribution in [-0.2, 0) is 0 Å². The third-order valence-corrected chi connectivity index (χ3v) is 4.41. The Labute approximate surface area is 121 Å². The van der Waals surface area contributed by atoms with Crippen molar-refractivity contribution in [2.75, 3.05) is 13.2 Å². The lowest BCUT2D eigenvalue weighted by Crippen LogP contribution is -2.23. The molecular formula is C14H19BrN2O2. The van der Waals surface area contributed by atoms with Crippen LogP contribution in [0.3, 0.4) is 0 Å². The number of rotatable bonds is 5. The van der Waals surface area contributed by atoms with E-state index in [2.05, 4.69) is 15.9 Å². The summed E-state index contributed by atoms with van der Waals surface area (Å²) in [7, 11) is 0. The van der Waals surface area contributed by atoms with Crippen LogP contribution in [0, 0.1) is 11.8 Å². The van der Waals surface area contributed by atoms with Crippen LogP contribution in [0.2, 0.25) is 0 Å². The minimum atomic E-state index is -0.439. The van der Waals surface area contributed by atoms with E-state index in [1.54, 1.807) is 18.2 Å². The summed E-state index contributed by atoms with van der Waals surface area (Å²) in [6.07, 6.45) is 3.61. The molecule has 0 spiro atoms. The van der Waals surface area contributed by atoms with Crippen LogP contribution in [-0.4, -0.2) is 19.1 Å². The third kappa shape index (κ3) is 3.48. The Balaban J connectivity index is 1.98. The molecule has 2 rings (SSSR count). The molecule has 1 aromatic carbocycles. The van der Waals surface area contributed by atoms with Gasteiger partial charge in [-0.25, -0.2) is 0 Å². The average Bonchev–Trinajstić information content (AvgIpc) is 2.84. The number of carbonyl (C=O) groups excluding carboxylic acids is 1. The van der Waals surface area contributed by atoms with Crippen LogP contribution in [0.5, 0.6) is 5.75 Å². The molecule has 0 saturated heterocycles. The molecular weight excluding hydrogens is 308 g/mol. The van der Waals surface area contributed by atoms with Crippen LogP contribution in [0.25, 0.3) is 0 Å². The minimum absolute atomic E-state index is 0.439. The Kier molecular flexibility index (Phi) is 4.82. The lowest BCUT2D eigenvalue weighted by molar-refractivity contribution is 0.1000. The topological polar surface area (TPSA) is 78.3 Å². The van der Waals surface area contributed by atoms with Crippen LogP contribution >= 0.6 is 15.9 Å². The molecule has 0 heterocycles. The van der Waals surface area contributed by atoms with Crippen molar-refractivity contribution < 1.29 is 9.53 Å². The van der Waals surface area contributed by atoms with E-state index in [0.717, 1.165) is 16.8 Å². The number of hydrogen-bond acceptors (Lipinski definition) is 3. The Morgan fingerprint density at radius 3 is 2.74 bits per heavy atom. The summed E-state index contributed by atoms with van der Waals surface area (Å²) < 4.78 is 6.59. The van der Waals surface area contributed by atoms with Crippen molar-refractivity contribution in [3.63, 3.8) is 0 Å². The predicted octanol–water partition coefficient (Wildman–Crippen LogP) is 2.30. The van der Waals surface area contributed by atoms with E-state index in [1.165, 1.54) is 19.3 Å². The molecule has 5 heteroatoms. The highest BCUT2D eigenvalue weighted by Gasteiger charge is 2.26. The molecule has 2 unspecified atom stereocenters. The molecule has 19 heavy (non-hydrogen) atoms. The van der Waals surface area contributed by atoms with Crippen LogP contribution in [0.15, 0.2) is 22.7 Å². The normalized spacial score (nSPS) is 22.4. The first-order valence-corrected chi connectivity index (χ1v) is 7.33. The van der Waals surface area contributed by atoms with Gasteiger partial charge >= 0.3 is 0 Å². The SMILES string of the molecule is NCC1CCCC1COc1ccc(C(N)=O)cc1Br. The molecule has 1 aromatic rings. The van der Waals surface area contributed by atoms with Crippen molar-refractivity contribution in [1.82, 2.24) is 0 Å². The second kappa shape index (κ2) is 6.39. The number of benzene rings is 1. The van der Waals surface area contributed by atoms with Gasteiger partial charge in [0.2, 0.25) is 5.91 Å². The van der Waals surface area contributed by atoms with Crippen LogP contribution in [0.1, 0.15) is 29.6 Å². The predicted molar refractivity (Wildman–Crippen MR) is 78.0 cm³/mol. The molecule has 1 fully saturated rings. The smallest absolute Gasteiger partial charge is 0.248 e. The molecule has 0 bridgehead atoms. The van der Waals surface area contributed by atoms with Gasteiger partial charge in [0.1, 0.15) is 5.75 Å². The number of halogens is 1. The van der Waals surface area contributed by atoms with Crippen molar-refractivity contribution in [1.29, 1.82) is 0 Å². The number of nitrogens with two attached hydrogens (primary N) is 2. The summed E-state index contributed by atoms with van der Waals surface area (Å²) in [5.74, 6) is 1.41. The van der Waals surface area contributed by atoms with Gasteiger partial charge < -0.3 is 16.2 Å². The van der Waals surface area contributed by atoms with Crippen LogP contribution < -0.4 is 16.2 Å². The molecule has 0 aromatic heterocycles. The number of primary amides is 1. The third-order valence-electron chi connectivity index (χ3n) is 3.79. The molecule has 4 nitrogen and oxygen atoms in total. The van der Waals surface area contributed by atoms with E-state index >= 15 is 0 Å². The molecule has 0 aliphatic heterocycles. The largest absolute Gasteiger partial charge is 0.492 e. The van der Waals surface area contributed by atoms with Gasteiger partial charge in [-0.05, 0) is 65.4 Å². The summed E-state index contributed by atoms with van der Waals surface area (Å²) >= 11 is 3.40. The van der Waals surface area contributed by atoms with Crippen LogP contribution in [0.4, 0.5) is 0 Å². The minimum Gasteiger partial charge on any atom is -0.492 e. The first-order chi connectivity index (χ1) is 9.11. The summed E-state index contributed by atoms with van der Waals surface area (Å²) in [4.78, 5) is 11.1. The van der Waals surface area contributed by atoms with Crippen molar-refractivity contribution >= 4 is 21.8 Å². The van der Waals surface area contributed by atoms with Crippen molar-refractivity contribution in [2.45, 2.75) is 19.3 Å². The summed E-state index contributed by atoms with van der Waals surface area (Å²) in [6.45, 7) is 1.41. The molecule has 4 N–H and O–H groups in total. The zero-order valence-electron chi connectivity index (χ0n) is 10.8. The fourth-order valence-electron chi connectivity index (χ4n) is 2.61. The molecule has 1 aliphatic carbocycles. The van der Waals surface area contributed by atoms with E-state index < -0.39 is 5.91 Å². The first-order valence-electron chi connectivity index (χ1n) is 6.54. The first kappa shape index (κ1) is 14.3. The Hall–Kier alpha value is -1.07. The van der Waals surface area contributed by atoms with E-state index in [-0.39, 0.29) is 0 Å². The maximum absolute atomic E-state index is 11.1. The van der Waals surface area contributed by atoms with Gasteiger partial charge in [0.05, 0.1) is 11.1 Å². The van der Waals surface area contributed by atoms with Gasteiger partial charge in [-0.15, -0.1) is 0 Å². The van der Waals surface area contributed by atoms with Gasteiger partial charge in [-0.3, -0.25) is 4.79 Å². The van der Waals surface area contributed by atoms with E-state index in [0.29, 0.717) is 24.0 Å². The lowest BCUT2D eigenvalue weighted by atomic mass is 9.97. The van der Waals surface area contributed by atoms with Crippen molar-refractivity contribution in [3.8, 4) is 5.75 Å². The molecule has 104 valence electrons. The number of amides is 1. The van der Waals surface area contributed by atoms with Gasteiger partial charge in [0, 0.05) is 5.56 Å². The zero-order valence-corrected chi connectivity index (χ0v) is 12.4.